The van der Waals surface area contributed by atoms with E-state index in [-0.39, 0.29) is 17.1 Å². The smallest absolute Gasteiger partial charge is 0.238 e. The number of thioether (sulfide) groups is 1. The predicted molar refractivity (Wildman–Crippen MR) is 104 cm³/mol. The first kappa shape index (κ1) is 16.4. The van der Waals surface area contributed by atoms with Crippen molar-refractivity contribution in [1.82, 2.24) is 0 Å². The summed E-state index contributed by atoms with van der Waals surface area (Å²) in [5, 5.41) is 4.06. The zero-order valence-corrected chi connectivity index (χ0v) is 15.2. The third-order valence-corrected chi connectivity index (χ3v) is 6.23. The summed E-state index contributed by atoms with van der Waals surface area (Å²) >= 11 is 3.25. The summed E-state index contributed by atoms with van der Waals surface area (Å²) in [5.74, 6) is 0.264. The lowest BCUT2D eigenvalue weighted by atomic mass is 10.0. The van der Waals surface area contributed by atoms with Crippen molar-refractivity contribution in [3.05, 3.63) is 76.2 Å². The van der Waals surface area contributed by atoms with Gasteiger partial charge in [-0.05, 0) is 70.3 Å². The highest BCUT2D eigenvalue weighted by Gasteiger charge is 2.34. The van der Waals surface area contributed by atoms with E-state index < -0.39 is 0 Å². The molecule has 2 aromatic carbocycles. The van der Waals surface area contributed by atoms with Gasteiger partial charge in [0, 0.05) is 5.69 Å². The highest BCUT2D eigenvalue weighted by Crippen LogP contribution is 2.43. The molecule has 1 saturated heterocycles. The van der Waals surface area contributed by atoms with Crippen LogP contribution in [0.2, 0.25) is 0 Å². The molecule has 0 bridgehead atoms. The lowest BCUT2D eigenvalue weighted by Crippen LogP contribution is -2.28. The van der Waals surface area contributed by atoms with Gasteiger partial charge >= 0.3 is 0 Å². The predicted octanol–water partition coefficient (Wildman–Crippen LogP) is 5.64. The molecule has 0 saturated carbocycles. The molecule has 3 aromatic rings. The lowest BCUT2D eigenvalue weighted by Gasteiger charge is -2.26. The van der Waals surface area contributed by atoms with Gasteiger partial charge in [-0.3, -0.25) is 9.69 Å². The molecule has 1 aliphatic heterocycles. The van der Waals surface area contributed by atoms with Crippen molar-refractivity contribution < 1.29 is 9.18 Å². The van der Waals surface area contributed by atoms with Gasteiger partial charge in [-0.2, -0.15) is 11.3 Å². The lowest BCUT2D eigenvalue weighted by molar-refractivity contribution is -0.115. The van der Waals surface area contributed by atoms with Gasteiger partial charge in [-0.15, -0.1) is 11.8 Å². The van der Waals surface area contributed by atoms with Crippen molar-refractivity contribution in [3.63, 3.8) is 0 Å². The highest BCUT2D eigenvalue weighted by atomic mass is 32.2. The number of hydrogen-bond donors (Lipinski definition) is 0. The number of amides is 1. The first-order valence-corrected chi connectivity index (χ1v) is 9.95. The summed E-state index contributed by atoms with van der Waals surface area (Å²) < 4.78 is 13.2. The van der Waals surface area contributed by atoms with Crippen LogP contribution in [0.3, 0.4) is 0 Å². The van der Waals surface area contributed by atoms with Crippen LogP contribution in [0.5, 0.6) is 0 Å². The van der Waals surface area contributed by atoms with Crippen LogP contribution in [0.1, 0.15) is 16.5 Å². The largest absolute Gasteiger partial charge is 0.295 e. The number of hydrogen-bond acceptors (Lipinski definition) is 3. The van der Waals surface area contributed by atoms with Crippen molar-refractivity contribution in [2.75, 3.05) is 10.7 Å². The van der Waals surface area contributed by atoms with Gasteiger partial charge in [0.25, 0.3) is 0 Å². The molecule has 2 nitrogen and oxygen atoms in total. The minimum atomic E-state index is -0.263. The summed E-state index contributed by atoms with van der Waals surface area (Å²) in [6.45, 7) is 2.03. The molecule has 1 amide bonds. The second-order valence-corrected chi connectivity index (χ2v) is 7.84. The van der Waals surface area contributed by atoms with Crippen LogP contribution in [0, 0.1) is 12.7 Å². The molecule has 1 aromatic heterocycles. The van der Waals surface area contributed by atoms with E-state index in [0.717, 1.165) is 22.4 Å². The standard InChI is InChI=1S/C20H16FNOS2/c1-13-10-15(16-8-9-24-11-16)4-7-18(13)22-19(23)12-25-20(22)14-2-5-17(21)6-3-14/h2-11,20H,12H2,1H3. The van der Waals surface area contributed by atoms with E-state index in [1.807, 2.05) is 17.9 Å². The molecular weight excluding hydrogens is 353 g/mol. The number of nitrogens with zero attached hydrogens (tertiary/aromatic N) is 1. The molecule has 0 spiro atoms. The van der Waals surface area contributed by atoms with Crippen LogP contribution in [-0.2, 0) is 4.79 Å². The van der Waals surface area contributed by atoms with Gasteiger partial charge in [-0.1, -0.05) is 18.2 Å². The number of carbonyl (C=O) groups is 1. The third-order valence-electron chi connectivity index (χ3n) is 4.33. The van der Waals surface area contributed by atoms with Crippen LogP contribution in [0.4, 0.5) is 10.1 Å². The van der Waals surface area contributed by atoms with Gasteiger partial charge in [0.2, 0.25) is 5.91 Å². The van der Waals surface area contributed by atoms with Crippen LogP contribution >= 0.6 is 23.1 Å². The first-order valence-electron chi connectivity index (χ1n) is 7.96. The van der Waals surface area contributed by atoms with Crippen molar-refractivity contribution in [1.29, 1.82) is 0 Å². The van der Waals surface area contributed by atoms with Crippen molar-refractivity contribution in [2.45, 2.75) is 12.3 Å². The molecule has 0 aliphatic carbocycles. The maximum atomic E-state index is 13.2. The minimum Gasteiger partial charge on any atom is -0.295 e. The van der Waals surface area contributed by atoms with Crippen molar-refractivity contribution >= 4 is 34.7 Å². The molecule has 25 heavy (non-hydrogen) atoms. The van der Waals surface area contributed by atoms with Gasteiger partial charge in [0.15, 0.2) is 0 Å². The van der Waals surface area contributed by atoms with Crippen molar-refractivity contribution in [2.24, 2.45) is 0 Å². The van der Waals surface area contributed by atoms with E-state index in [1.165, 1.54) is 17.7 Å². The number of anilines is 1. The Kier molecular flexibility index (Phi) is 4.36. The maximum absolute atomic E-state index is 13.2. The van der Waals surface area contributed by atoms with Crippen molar-refractivity contribution in [3.8, 4) is 11.1 Å². The Balaban J connectivity index is 1.71. The molecule has 1 fully saturated rings. The molecule has 1 unspecified atom stereocenters. The Morgan fingerprint density at radius 1 is 1.08 bits per heavy atom. The average Bonchev–Trinajstić information content (AvgIpc) is 3.26. The molecule has 126 valence electrons. The topological polar surface area (TPSA) is 20.3 Å². The molecular formula is C20H16FNOS2. The van der Waals surface area contributed by atoms with Crippen LogP contribution in [0.15, 0.2) is 59.3 Å². The normalized spacial score (nSPS) is 17.3. The number of benzene rings is 2. The monoisotopic (exact) mass is 369 g/mol. The SMILES string of the molecule is Cc1cc(-c2ccsc2)ccc1N1C(=O)CSC1c1ccc(F)cc1. The van der Waals surface area contributed by atoms with Gasteiger partial charge in [0.1, 0.15) is 11.2 Å². The van der Waals surface area contributed by atoms with E-state index >= 15 is 0 Å². The average molecular weight is 369 g/mol. The Morgan fingerprint density at radius 2 is 1.88 bits per heavy atom. The number of aryl methyl sites for hydroxylation is 1. The van der Waals surface area contributed by atoms with Gasteiger partial charge < -0.3 is 0 Å². The Bertz CT molecular complexity index is 906. The van der Waals surface area contributed by atoms with E-state index in [1.54, 1.807) is 35.2 Å². The molecule has 1 atom stereocenters. The number of carbonyl (C=O) groups excluding carboxylic acids is 1. The Labute approximate surface area is 154 Å². The highest BCUT2D eigenvalue weighted by molar-refractivity contribution is 8.00. The molecule has 0 radical (unpaired) electrons. The fourth-order valence-corrected chi connectivity index (χ4v) is 4.93. The maximum Gasteiger partial charge on any atom is 0.238 e. The number of halogens is 1. The summed E-state index contributed by atoms with van der Waals surface area (Å²) in [5.41, 5.74) is 5.27. The molecule has 5 heteroatoms. The minimum absolute atomic E-state index is 0.0886. The number of thiophene rings is 1. The van der Waals surface area contributed by atoms with E-state index in [0.29, 0.717) is 5.75 Å². The fourth-order valence-electron chi connectivity index (χ4n) is 3.09. The first-order chi connectivity index (χ1) is 12.1. The van der Waals surface area contributed by atoms with Gasteiger partial charge in [-0.25, -0.2) is 4.39 Å². The summed E-state index contributed by atoms with van der Waals surface area (Å²) in [4.78, 5) is 14.4. The summed E-state index contributed by atoms with van der Waals surface area (Å²) in [6, 6.07) is 14.7. The van der Waals surface area contributed by atoms with Crippen LogP contribution in [-0.4, -0.2) is 11.7 Å². The second kappa shape index (κ2) is 6.65. The fraction of sp³-hybridized carbons (Fsp3) is 0.150. The Morgan fingerprint density at radius 3 is 2.56 bits per heavy atom. The van der Waals surface area contributed by atoms with Crippen LogP contribution < -0.4 is 4.90 Å². The molecule has 1 aliphatic rings. The Hall–Kier alpha value is -2.11. The molecule has 2 heterocycles. The van der Waals surface area contributed by atoms with Crippen LogP contribution in [0.25, 0.3) is 11.1 Å². The van der Waals surface area contributed by atoms with E-state index in [9.17, 15) is 9.18 Å². The summed E-state index contributed by atoms with van der Waals surface area (Å²) in [7, 11) is 0. The zero-order chi connectivity index (χ0) is 17.4. The quantitative estimate of drug-likeness (QED) is 0.595. The van der Waals surface area contributed by atoms with E-state index in [2.05, 4.69) is 29.0 Å². The summed E-state index contributed by atoms with van der Waals surface area (Å²) in [6.07, 6.45) is 0. The zero-order valence-electron chi connectivity index (χ0n) is 13.6. The molecule has 4 rings (SSSR count). The number of rotatable bonds is 3. The van der Waals surface area contributed by atoms with E-state index in [4.69, 9.17) is 0 Å². The third kappa shape index (κ3) is 3.10. The molecule has 0 N–H and O–H groups in total. The second-order valence-electron chi connectivity index (χ2n) is 5.99. The van der Waals surface area contributed by atoms with Gasteiger partial charge in [0.05, 0.1) is 5.75 Å².